The lowest BCUT2D eigenvalue weighted by Gasteiger charge is -2.18. The number of rotatable bonds is 6. The van der Waals surface area contributed by atoms with Crippen molar-refractivity contribution < 1.29 is 18.9 Å². The Bertz CT molecular complexity index is 68.5. The van der Waals surface area contributed by atoms with Crippen LogP contribution in [-0.4, -0.2) is 41.0 Å². The molecule has 0 spiro atoms. The summed E-state index contributed by atoms with van der Waals surface area (Å²) in [5.41, 5.74) is 0. The largest absolute Gasteiger partial charge is 0.356 e. The summed E-state index contributed by atoms with van der Waals surface area (Å²) in [5.74, 6) is 0. The standard InChI is InChI=1S/C7H16O4/c1-8-6(9-2)5-7(10-3)11-4/h6-7H,5H2,1-4H3/i5+1,6+1,7+1. The summed E-state index contributed by atoms with van der Waals surface area (Å²) < 4.78 is 19.8. The van der Waals surface area contributed by atoms with Crippen molar-refractivity contribution in [1.29, 1.82) is 0 Å². The van der Waals surface area contributed by atoms with Crippen LogP contribution >= 0.6 is 0 Å². The number of hydrogen-bond acceptors (Lipinski definition) is 4. The Morgan fingerprint density at radius 3 is 1.18 bits per heavy atom. The molecule has 0 unspecified atom stereocenters. The lowest BCUT2D eigenvalue weighted by molar-refractivity contribution is -0.178. The van der Waals surface area contributed by atoms with Crippen LogP contribution in [0.5, 0.6) is 0 Å². The van der Waals surface area contributed by atoms with E-state index in [1.165, 1.54) is 0 Å². The molecule has 0 rings (SSSR count). The molecule has 0 N–H and O–H groups in total. The highest BCUT2D eigenvalue weighted by Crippen LogP contribution is 2.05. The number of methoxy groups -OCH3 is 4. The molecule has 0 bridgehead atoms. The van der Waals surface area contributed by atoms with Crippen LogP contribution in [0.1, 0.15) is 6.42 Å². The molecule has 4 nitrogen and oxygen atoms in total. The lowest BCUT2D eigenvalue weighted by Crippen LogP contribution is -2.24. The normalized spacial score (nSPS) is 11.5. The van der Waals surface area contributed by atoms with Crippen molar-refractivity contribution in [2.75, 3.05) is 28.4 Å². The molecular formula is C7H16O4. The van der Waals surface area contributed by atoms with Crippen LogP contribution in [0, 0.1) is 0 Å². The van der Waals surface area contributed by atoms with E-state index >= 15 is 0 Å². The molecule has 0 aromatic carbocycles. The van der Waals surface area contributed by atoms with E-state index in [0.29, 0.717) is 6.42 Å². The summed E-state index contributed by atoms with van der Waals surface area (Å²) in [6, 6.07) is 0. The van der Waals surface area contributed by atoms with Crippen LogP contribution in [-0.2, 0) is 18.9 Å². The van der Waals surface area contributed by atoms with Gasteiger partial charge in [0.25, 0.3) is 0 Å². The number of ether oxygens (including phenoxy) is 4. The molecule has 68 valence electrons. The van der Waals surface area contributed by atoms with E-state index in [1.54, 1.807) is 28.4 Å². The highest BCUT2D eigenvalue weighted by Gasteiger charge is 2.13. The predicted octanol–water partition coefficient (Wildman–Crippen LogP) is 0.614. The van der Waals surface area contributed by atoms with Crippen molar-refractivity contribution in [2.24, 2.45) is 0 Å². The maximum absolute atomic E-state index is 4.95. The van der Waals surface area contributed by atoms with E-state index in [0.717, 1.165) is 0 Å². The molecule has 0 saturated heterocycles. The first-order chi connectivity index (χ1) is 5.28. The molecule has 4 heteroatoms. The van der Waals surface area contributed by atoms with Gasteiger partial charge in [-0.2, -0.15) is 0 Å². The summed E-state index contributed by atoms with van der Waals surface area (Å²) >= 11 is 0. The van der Waals surface area contributed by atoms with Crippen LogP contribution in [0.25, 0.3) is 0 Å². The molecule has 0 amide bonds. The van der Waals surface area contributed by atoms with E-state index < -0.39 is 0 Å². The van der Waals surface area contributed by atoms with E-state index in [2.05, 4.69) is 0 Å². The SMILES string of the molecule is CO[13CH]([13CH2][13CH](OC)OC)OC. The first-order valence-electron chi connectivity index (χ1n) is 3.39. The van der Waals surface area contributed by atoms with E-state index in [-0.39, 0.29) is 12.6 Å². The third-order valence-corrected chi connectivity index (χ3v) is 1.44. The molecular weight excluding hydrogens is 151 g/mol. The summed E-state index contributed by atoms with van der Waals surface area (Å²) in [6.45, 7) is 0. The minimum Gasteiger partial charge on any atom is -0.356 e. The highest BCUT2D eigenvalue weighted by atomic mass is 16.8. The van der Waals surface area contributed by atoms with Crippen LogP contribution in [0.3, 0.4) is 0 Å². The average Bonchev–Trinajstić information content (AvgIpc) is 2.07. The van der Waals surface area contributed by atoms with Gasteiger partial charge in [0.05, 0.1) is 0 Å². The van der Waals surface area contributed by atoms with Crippen molar-refractivity contribution >= 4 is 0 Å². The summed E-state index contributed by atoms with van der Waals surface area (Å²) in [6.07, 6.45) is 0.0415. The van der Waals surface area contributed by atoms with Gasteiger partial charge in [0, 0.05) is 34.9 Å². The minimum atomic E-state index is -0.264. The zero-order chi connectivity index (χ0) is 8.69. The summed E-state index contributed by atoms with van der Waals surface area (Å²) in [7, 11) is 6.32. The van der Waals surface area contributed by atoms with E-state index in [1.807, 2.05) is 0 Å². The van der Waals surface area contributed by atoms with Gasteiger partial charge in [-0.15, -0.1) is 0 Å². The molecule has 0 aromatic rings. The molecule has 0 aromatic heterocycles. The molecule has 11 heavy (non-hydrogen) atoms. The second-order valence-corrected chi connectivity index (χ2v) is 2.04. The smallest absolute Gasteiger partial charge is 0.161 e. The van der Waals surface area contributed by atoms with Gasteiger partial charge in [-0.3, -0.25) is 0 Å². The zero-order valence-corrected chi connectivity index (χ0v) is 7.49. The maximum atomic E-state index is 4.95. The van der Waals surface area contributed by atoms with Crippen molar-refractivity contribution in [3.63, 3.8) is 0 Å². The van der Waals surface area contributed by atoms with Crippen LogP contribution in [0.15, 0.2) is 0 Å². The predicted molar refractivity (Wildman–Crippen MR) is 40.2 cm³/mol. The molecule has 0 aliphatic carbocycles. The topological polar surface area (TPSA) is 36.9 Å². The molecule has 0 atom stereocenters. The Balaban J connectivity index is 3.58. The van der Waals surface area contributed by atoms with E-state index in [9.17, 15) is 0 Å². The second kappa shape index (κ2) is 6.54. The van der Waals surface area contributed by atoms with Gasteiger partial charge in [-0.1, -0.05) is 0 Å². The Morgan fingerprint density at radius 2 is 1.00 bits per heavy atom. The first-order valence-corrected chi connectivity index (χ1v) is 3.39. The molecule has 0 aliphatic rings. The van der Waals surface area contributed by atoms with Crippen molar-refractivity contribution in [3.05, 3.63) is 0 Å². The molecule has 0 radical (unpaired) electrons. The number of hydrogen-bond donors (Lipinski definition) is 0. The van der Waals surface area contributed by atoms with Crippen molar-refractivity contribution in [1.82, 2.24) is 0 Å². The Hall–Kier alpha value is -0.160. The highest BCUT2D eigenvalue weighted by molar-refractivity contribution is 4.47. The minimum absolute atomic E-state index is 0.264. The fourth-order valence-corrected chi connectivity index (χ4v) is 0.734. The van der Waals surface area contributed by atoms with Gasteiger partial charge in [0.1, 0.15) is 0 Å². The third-order valence-electron chi connectivity index (χ3n) is 1.44. The summed E-state index contributed by atoms with van der Waals surface area (Å²) in [5, 5.41) is 0. The fourth-order valence-electron chi connectivity index (χ4n) is 0.734. The molecule has 0 fully saturated rings. The monoisotopic (exact) mass is 167 g/mol. The first kappa shape index (κ1) is 10.8. The van der Waals surface area contributed by atoms with Crippen LogP contribution < -0.4 is 0 Å². The van der Waals surface area contributed by atoms with Gasteiger partial charge < -0.3 is 18.9 Å². The maximum Gasteiger partial charge on any atom is 0.161 e. The molecule has 0 aliphatic heterocycles. The van der Waals surface area contributed by atoms with E-state index in [4.69, 9.17) is 18.9 Å². The Morgan fingerprint density at radius 1 is 0.727 bits per heavy atom. The van der Waals surface area contributed by atoms with Gasteiger partial charge in [0.15, 0.2) is 12.6 Å². The average molecular weight is 167 g/mol. The van der Waals surface area contributed by atoms with Crippen molar-refractivity contribution in [2.45, 2.75) is 19.0 Å². The van der Waals surface area contributed by atoms with Crippen LogP contribution in [0.4, 0.5) is 0 Å². The lowest BCUT2D eigenvalue weighted by atomic mass is 11.3. The van der Waals surface area contributed by atoms with Crippen LogP contribution in [0.2, 0.25) is 0 Å². The van der Waals surface area contributed by atoms with Gasteiger partial charge >= 0.3 is 0 Å². The fraction of sp³-hybridized carbons (Fsp3) is 1.00. The Kier molecular flexibility index (Phi) is 6.45. The zero-order valence-electron chi connectivity index (χ0n) is 7.49. The van der Waals surface area contributed by atoms with Gasteiger partial charge in [-0.05, 0) is 0 Å². The second-order valence-electron chi connectivity index (χ2n) is 2.04. The van der Waals surface area contributed by atoms with Gasteiger partial charge in [-0.25, -0.2) is 0 Å². The van der Waals surface area contributed by atoms with Crippen molar-refractivity contribution in [3.8, 4) is 0 Å². The Labute approximate surface area is 67.4 Å². The quantitative estimate of drug-likeness (QED) is 0.429. The molecule has 0 saturated carbocycles. The summed E-state index contributed by atoms with van der Waals surface area (Å²) in [4.78, 5) is 0. The third kappa shape index (κ3) is 4.31. The van der Waals surface area contributed by atoms with Gasteiger partial charge in [0.2, 0.25) is 0 Å². The molecule has 0 heterocycles.